The molecule has 1 saturated heterocycles. The second-order valence-corrected chi connectivity index (χ2v) is 4.94. The lowest BCUT2D eigenvalue weighted by atomic mass is 9.85. The Bertz CT molecular complexity index is 501. The number of aryl methyl sites for hydroxylation is 1. The Morgan fingerprint density at radius 3 is 2.71 bits per heavy atom. The Morgan fingerprint density at radius 2 is 1.94 bits per heavy atom. The van der Waals surface area contributed by atoms with Crippen LogP contribution in [0.25, 0.3) is 0 Å². The van der Waals surface area contributed by atoms with Gasteiger partial charge in [-0.2, -0.15) is 0 Å². The summed E-state index contributed by atoms with van der Waals surface area (Å²) in [5.74, 6) is 0.260. The Morgan fingerprint density at radius 1 is 1.12 bits per heavy atom. The second kappa shape index (κ2) is 4.02. The van der Waals surface area contributed by atoms with Gasteiger partial charge in [-0.3, -0.25) is 4.79 Å². The Labute approximate surface area is 102 Å². The number of benzene rings is 1. The van der Waals surface area contributed by atoms with Crippen molar-refractivity contribution in [3.8, 4) is 0 Å². The SMILES string of the molecule is CN1CCC/C1=C1/CCc2ccccc2C1=O. The third-order valence-corrected chi connectivity index (χ3v) is 3.90. The van der Waals surface area contributed by atoms with Crippen LogP contribution in [0, 0.1) is 0 Å². The number of carbonyl (C=O) groups is 1. The maximum absolute atomic E-state index is 12.5. The summed E-state index contributed by atoms with van der Waals surface area (Å²) < 4.78 is 0. The average molecular weight is 227 g/mol. The largest absolute Gasteiger partial charge is 0.378 e. The summed E-state index contributed by atoms with van der Waals surface area (Å²) in [5, 5.41) is 0. The number of hydrogen-bond donors (Lipinski definition) is 0. The minimum atomic E-state index is 0.260. The first-order valence-corrected chi connectivity index (χ1v) is 6.33. The van der Waals surface area contributed by atoms with Gasteiger partial charge >= 0.3 is 0 Å². The zero-order valence-corrected chi connectivity index (χ0v) is 10.2. The summed E-state index contributed by atoms with van der Waals surface area (Å²) in [6, 6.07) is 8.02. The predicted molar refractivity (Wildman–Crippen MR) is 68.0 cm³/mol. The molecule has 0 spiro atoms. The summed E-state index contributed by atoms with van der Waals surface area (Å²) in [6.07, 6.45) is 4.17. The standard InChI is InChI=1S/C15H17NO/c1-16-10-4-7-14(16)13-9-8-11-5-2-3-6-12(11)15(13)17/h2-3,5-6H,4,7-10H2,1H3/b14-13+. The normalized spacial score (nSPS) is 24.1. The van der Waals surface area contributed by atoms with E-state index in [2.05, 4.69) is 18.0 Å². The summed E-state index contributed by atoms with van der Waals surface area (Å²) in [7, 11) is 2.10. The minimum Gasteiger partial charge on any atom is -0.378 e. The molecule has 0 N–H and O–H groups in total. The molecular formula is C15H17NO. The highest BCUT2D eigenvalue weighted by Crippen LogP contribution is 2.31. The van der Waals surface area contributed by atoms with Gasteiger partial charge in [-0.05, 0) is 31.2 Å². The molecule has 88 valence electrons. The Hall–Kier alpha value is -1.57. The Kier molecular flexibility index (Phi) is 2.50. The number of Topliss-reactive ketones (excluding diaryl/α,β-unsaturated/α-hetero) is 1. The molecule has 0 unspecified atom stereocenters. The van der Waals surface area contributed by atoms with E-state index in [0.29, 0.717) is 0 Å². The lowest BCUT2D eigenvalue weighted by Gasteiger charge is -2.22. The predicted octanol–water partition coefficient (Wildman–Crippen LogP) is 2.80. The smallest absolute Gasteiger partial charge is 0.191 e. The molecule has 0 amide bonds. The fraction of sp³-hybridized carbons (Fsp3) is 0.400. The monoisotopic (exact) mass is 227 g/mol. The molecule has 1 aliphatic heterocycles. The number of fused-ring (bicyclic) bond motifs is 1. The quantitative estimate of drug-likeness (QED) is 0.635. The molecular weight excluding hydrogens is 210 g/mol. The summed E-state index contributed by atoms with van der Waals surface area (Å²) >= 11 is 0. The summed E-state index contributed by atoms with van der Waals surface area (Å²) in [6.45, 7) is 1.09. The molecule has 1 aromatic carbocycles. The van der Waals surface area contributed by atoms with Gasteiger partial charge in [-0.25, -0.2) is 0 Å². The Balaban J connectivity index is 2.05. The van der Waals surface area contributed by atoms with Crippen LogP contribution in [0.4, 0.5) is 0 Å². The van der Waals surface area contributed by atoms with Crippen LogP contribution in [0.3, 0.4) is 0 Å². The fourth-order valence-electron chi connectivity index (χ4n) is 2.96. The molecule has 3 rings (SSSR count). The van der Waals surface area contributed by atoms with Crippen molar-refractivity contribution in [2.75, 3.05) is 13.6 Å². The van der Waals surface area contributed by atoms with E-state index >= 15 is 0 Å². The van der Waals surface area contributed by atoms with Crippen LogP contribution in [-0.4, -0.2) is 24.3 Å². The number of likely N-dealkylation sites (tertiary alicyclic amines) is 1. The van der Waals surface area contributed by atoms with Gasteiger partial charge in [0.15, 0.2) is 5.78 Å². The highest BCUT2D eigenvalue weighted by atomic mass is 16.1. The van der Waals surface area contributed by atoms with Gasteiger partial charge in [0.05, 0.1) is 0 Å². The first-order chi connectivity index (χ1) is 8.27. The molecule has 1 aromatic rings. The first-order valence-electron chi connectivity index (χ1n) is 6.33. The van der Waals surface area contributed by atoms with Gasteiger partial charge in [-0.1, -0.05) is 24.3 Å². The maximum Gasteiger partial charge on any atom is 0.191 e. The van der Waals surface area contributed by atoms with Crippen LogP contribution in [0.1, 0.15) is 35.2 Å². The number of rotatable bonds is 0. The van der Waals surface area contributed by atoms with E-state index in [1.54, 1.807) is 0 Å². The summed E-state index contributed by atoms with van der Waals surface area (Å²) in [5.41, 5.74) is 4.47. The van der Waals surface area contributed by atoms with Crippen molar-refractivity contribution < 1.29 is 4.79 Å². The number of carbonyl (C=O) groups excluding carboxylic acids is 1. The molecule has 0 bridgehead atoms. The van der Waals surface area contributed by atoms with E-state index in [9.17, 15) is 4.79 Å². The van der Waals surface area contributed by atoms with E-state index < -0.39 is 0 Å². The molecule has 0 aromatic heterocycles. The number of nitrogens with zero attached hydrogens (tertiary/aromatic N) is 1. The molecule has 2 heteroatoms. The average Bonchev–Trinajstić information content (AvgIpc) is 2.76. The lowest BCUT2D eigenvalue weighted by molar-refractivity contribution is 0.102. The van der Waals surface area contributed by atoms with Crippen molar-refractivity contribution in [1.29, 1.82) is 0 Å². The zero-order valence-electron chi connectivity index (χ0n) is 10.2. The number of ketones is 1. The van der Waals surface area contributed by atoms with E-state index in [4.69, 9.17) is 0 Å². The minimum absolute atomic E-state index is 0.260. The summed E-state index contributed by atoms with van der Waals surface area (Å²) in [4.78, 5) is 14.7. The number of hydrogen-bond acceptors (Lipinski definition) is 2. The van der Waals surface area contributed by atoms with Crippen molar-refractivity contribution in [2.24, 2.45) is 0 Å². The zero-order chi connectivity index (χ0) is 11.8. The van der Waals surface area contributed by atoms with Gasteiger partial charge in [0.25, 0.3) is 0 Å². The van der Waals surface area contributed by atoms with Crippen molar-refractivity contribution in [1.82, 2.24) is 4.90 Å². The van der Waals surface area contributed by atoms with E-state index in [1.165, 1.54) is 17.7 Å². The van der Waals surface area contributed by atoms with E-state index in [1.807, 2.05) is 18.2 Å². The molecule has 2 nitrogen and oxygen atoms in total. The van der Waals surface area contributed by atoms with Gasteiger partial charge < -0.3 is 4.90 Å². The molecule has 2 aliphatic rings. The fourth-order valence-corrected chi connectivity index (χ4v) is 2.96. The van der Waals surface area contributed by atoms with Crippen LogP contribution in [0.5, 0.6) is 0 Å². The molecule has 1 heterocycles. The van der Waals surface area contributed by atoms with Crippen molar-refractivity contribution in [3.63, 3.8) is 0 Å². The van der Waals surface area contributed by atoms with Crippen LogP contribution in [0.2, 0.25) is 0 Å². The highest BCUT2D eigenvalue weighted by molar-refractivity contribution is 6.11. The molecule has 1 aliphatic carbocycles. The third kappa shape index (κ3) is 1.68. The van der Waals surface area contributed by atoms with Gasteiger partial charge in [-0.15, -0.1) is 0 Å². The molecule has 0 radical (unpaired) electrons. The van der Waals surface area contributed by atoms with Crippen LogP contribution in [0.15, 0.2) is 35.5 Å². The van der Waals surface area contributed by atoms with Gasteiger partial charge in [0.1, 0.15) is 0 Å². The first kappa shape index (κ1) is 10.6. The molecule has 1 fully saturated rings. The van der Waals surface area contributed by atoms with Crippen molar-refractivity contribution >= 4 is 5.78 Å². The molecule has 0 atom stereocenters. The van der Waals surface area contributed by atoms with Crippen LogP contribution >= 0.6 is 0 Å². The van der Waals surface area contributed by atoms with Gasteiger partial charge in [0.2, 0.25) is 0 Å². The topological polar surface area (TPSA) is 20.3 Å². The van der Waals surface area contributed by atoms with Crippen molar-refractivity contribution in [2.45, 2.75) is 25.7 Å². The van der Waals surface area contributed by atoms with Crippen LogP contribution in [-0.2, 0) is 6.42 Å². The molecule has 0 saturated carbocycles. The van der Waals surface area contributed by atoms with Gasteiger partial charge in [0, 0.05) is 30.4 Å². The van der Waals surface area contributed by atoms with E-state index in [0.717, 1.165) is 36.9 Å². The highest BCUT2D eigenvalue weighted by Gasteiger charge is 2.27. The third-order valence-electron chi connectivity index (χ3n) is 3.90. The lowest BCUT2D eigenvalue weighted by Crippen LogP contribution is -2.20. The van der Waals surface area contributed by atoms with Crippen LogP contribution < -0.4 is 0 Å². The second-order valence-electron chi connectivity index (χ2n) is 4.94. The van der Waals surface area contributed by atoms with E-state index in [-0.39, 0.29) is 5.78 Å². The van der Waals surface area contributed by atoms with Crippen molar-refractivity contribution in [3.05, 3.63) is 46.7 Å². The number of allylic oxidation sites excluding steroid dienone is 2. The molecule has 17 heavy (non-hydrogen) atoms. The maximum atomic E-state index is 12.5.